The third-order valence-electron chi connectivity index (χ3n) is 15.2. The summed E-state index contributed by atoms with van der Waals surface area (Å²) in [5, 5.41) is 4.89. The first kappa shape index (κ1) is 44.7. The second-order valence-electron chi connectivity index (χ2n) is 19.9. The maximum absolute atomic E-state index is 2.49. The van der Waals surface area contributed by atoms with Gasteiger partial charge < -0.3 is 9.80 Å². The fourth-order valence-corrected chi connectivity index (χ4v) is 11.6. The molecule has 74 heavy (non-hydrogen) atoms. The molecule has 0 fully saturated rings. The Morgan fingerprint density at radius 2 is 0.541 bits per heavy atom. The van der Waals surface area contributed by atoms with Crippen LogP contribution >= 0.6 is 0 Å². The molecule has 0 aromatic heterocycles. The number of fused-ring (bicyclic) bond motifs is 6. The summed E-state index contributed by atoms with van der Waals surface area (Å²) in [5.41, 5.74) is 26.6. The van der Waals surface area contributed by atoms with Gasteiger partial charge in [0.1, 0.15) is 0 Å². The minimum atomic E-state index is 1.13. The third-order valence-corrected chi connectivity index (χ3v) is 15.2. The molecule has 0 saturated carbocycles. The molecule has 0 heterocycles. The van der Waals surface area contributed by atoms with Gasteiger partial charge in [0.05, 0.1) is 22.7 Å². The Bertz CT molecular complexity index is 3790. The maximum Gasteiger partial charge on any atom is 0.0540 e. The first-order valence-electron chi connectivity index (χ1n) is 25.7. The zero-order valence-electron chi connectivity index (χ0n) is 42.1. The molecule has 1 aliphatic carbocycles. The molecule has 1 aliphatic rings. The predicted molar refractivity (Wildman–Crippen MR) is 316 cm³/mol. The van der Waals surface area contributed by atoms with Gasteiger partial charge in [-0.05, 0) is 200 Å². The molecule has 0 N–H and O–H groups in total. The lowest BCUT2D eigenvalue weighted by Gasteiger charge is -2.32. The highest BCUT2D eigenvalue weighted by molar-refractivity contribution is 6.13. The van der Waals surface area contributed by atoms with E-state index in [9.17, 15) is 0 Å². The lowest BCUT2D eigenvalue weighted by molar-refractivity contribution is 1.22. The van der Waals surface area contributed by atoms with Gasteiger partial charge in [-0.3, -0.25) is 0 Å². The minimum Gasteiger partial charge on any atom is -0.309 e. The largest absolute Gasteiger partial charge is 0.309 e. The molecule has 0 atom stereocenters. The molecule has 0 aliphatic heterocycles. The van der Waals surface area contributed by atoms with E-state index in [1.807, 2.05) is 0 Å². The molecule has 12 aromatic rings. The lowest BCUT2D eigenvalue weighted by Crippen LogP contribution is -2.14. The monoisotopic (exact) mass is 946 g/mol. The summed E-state index contributed by atoms with van der Waals surface area (Å²) < 4.78 is 0. The van der Waals surface area contributed by atoms with E-state index in [-0.39, 0.29) is 0 Å². The standard InChI is InChI=1S/C72H54N2/c1-47-19-17-20-48(2)71(47)73(69-37-33-55(51-23-9-5-10-24-51)41-63(69)53-27-13-7-14-28-53)61-35-31-57-43-65-66-44-58-32-36-62(40-60(58)46-68(66)67(65)45-59(57)39-61)74(72-49(3)21-18-22-50(72)4)70-38-34-56(52-25-11-6-12-26-52)42-64(70)54-29-15-8-16-30-54/h5-46H,1-4H3. The minimum absolute atomic E-state index is 1.13. The third kappa shape index (κ3) is 7.84. The van der Waals surface area contributed by atoms with Gasteiger partial charge in [-0.1, -0.05) is 182 Å². The molecular weight excluding hydrogens is 893 g/mol. The zero-order chi connectivity index (χ0) is 49.9. The zero-order valence-corrected chi connectivity index (χ0v) is 42.1. The molecule has 0 unspecified atom stereocenters. The number of para-hydroxylation sites is 2. The smallest absolute Gasteiger partial charge is 0.0540 e. The molecule has 0 radical (unpaired) electrons. The summed E-state index contributed by atoms with van der Waals surface area (Å²) in [7, 11) is 0. The van der Waals surface area contributed by atoms with Crippen LogP contribution in [0.25, 0.3) is 88.3 Å². The summed E-state index contributed by atoms with van der Waals surface area (Å²) in [5.74, 6) is 0. The Morgan fingerprint density at radius 1 is 0.216 bits per heavy atom. The van der Waals surface area contributed by atoms with Crippen molar-refractivity contribution in [3.63, 3.8) is 0 Å². The number of anilines is 6. The fourth-order valence-electron chi connectivity index (χ4n) is 11.6. The van der Waals surface area contributed by atoms with Crippen molar-refractivity contribution in [1.29, 1.82) is 0 Å². The molecule has 0 bridgehead atoms. The van der Waals surface area contributed by atoms with Gasteiger partial charge >= 0.3 is 0 Å². The molecule has 12 aromatic carbocycles. The van der Waals surface area contributed by atoms with Gasteiger partial charge in [0.25, 0.3) is 0 Å². The summed E-state index contributed by atoms with van der Waals surface area (Å²) in [4.78, 5) is 4.98. The van der Waals surface area contributed by atoms with Crippen LogP contribution in [0.5, 0.6) is 0 Å². The van der Waals surface area contributed by atoms with E-state index in [0.717, 1.165) is 22.7 Å². The van der Waals surface area contributed by atoms with Crippen LogP contribution in [0.15, 0.2) is 255 Å². The fraction of sp³-hybridized carbons (Fsp3) is 0.0556. The predicted octanol–water partition coefficient (Wildman–Crippen LogP) is 20.5. The van der Waals surface area contributed by atoms with E-state index >= 15 is 0 Å². The van der Waals surface area contributed by atoms with Crippen LogP contribution in [-0.4, -0.2) is 0 Å². The molecule has 2 heteroatoms. The van der Waals surface area contributed by atoms with E-state index < -0.39 is 0 Å². The molecular formula is C72H54N2. The number of nitrogens with zero attached hydrogens (tertiary/aromatic N) is 2. The van der Waals surface area contributed by atoms with E-state index in [4.69, 9.17) is 0 Å². The Labute approximate surface area is 434 Å². The van der Waals surface area contributed by atoms with Crippen molar-refractivity contribution in [3.8, 4) is 66.8 Å². The van der Waals surface area contributed by atoms with Crippen molar-refractivity contribution >= 4 is 55.7 Å². The van der Waals surface area contributed by atoms with Crippen LogP contribution in [0.1, 0.15) is 22.3 Å². The van der Waals surface area contributed by atoms with Gasteiger partial charge in [0.2, 0.25) is 0 Å². The number of hydrogen-bond donors (Lipinski definition) is 0. The maximum atomic E-state index is 2.49. The molecule has 0 spiro atoms. The quantitative estimate of drug-likeness (QED) is 0.135. The summed E-state index contributed by atoms with van der Waals surface area (Å²) in [6.07, 6.45) is 0. The molecule has 2 nitrogen and oxygen atoms in total. The highest BCUT2D eigenvalue weighted by atomic mass is 15.2. The SMILES string of the molecule is Cc1cccc(C)c1N(c1ccc2cc3c(cc2c1)-c1cc2cc(N(c4ccc(-c5ccccc5)cc4-c4ccccc4)c4c(C)cccc4C)ccc2cc1-3)c1ccc(-c2ccccc2)cc1-c1ccccc1. The summed E-state index contributed by atoms with van der Waals surface area (Å²) >= 11 is 0. The average Bonchev–Trinajstić information content (AvgIpc) is 3.46. The number of benzene rings is 12. The first-order chi connectivity index (χ1) is 36.3. The van der Waals surface area contributed by atoms with Crippen molar-refractivity contribution in [2.75, 3.05) is 9.80 Å². The lowest BCUT2D eigenvalue weighted by atomic mass is 9.78. The van der Waals surface area contributed by atoms with E-state index in [0.29, 0.717) is 0 Å². The van der Waals surface area contributed by atoms with Crippen LogP contribution in [0.4, 0.5) is 34.1 Å². The average molecular weight is 947 g/mol. The number of hydrogen-bond acceptors (Lipinski definition) is 2. The van der Waals surface area contributed by atoms with Crippen molar-refractivity contribution in [3.05, 3.63) is 277 Å². The van der Waals surface area contributed by atoms with Crippen molar-refractivity contribution in [2.24, 2.45) is 0 Å². The van der Waals surface area contributed by atoms with Crippen LogP contribution in [0.3, 0.4) is 0 Å². The van der Waals surface area contributed by atoms with Gasteiger partial charge in [0, 0.05) is 22.5 Å². The molecule has 13 rings (SSSR count). The van der Waals surface area contributed by atoms with Crippen LogP contribution in [0.2, 0.25) is 0 Å². The first-order valence-corrected chi connectivity index (χ1v) is 25.7. The van der Waals surface area contributed by atoms with Gasteiger partial charge in [-0.15, -0.1) is 0 Å². The van der Waals surface area contributed by atoms with Gasteiger partial charge in [-0.25, -0.2) is 0 Å². The number of aryl methyl sites for hydroxylation is 4. The topological polar surface area (TPSA) is 6.48 Å². The Kier molecular flexibility index (Phi) is 11.1. The van der Waals surface area contributed by atoms with Crippen LogP contribution in [-0.2, 0) is 0 Å². The number of rotatable bonds is 10. The highest BCUT2D eigenvalue weighted by Crippen LogP contribution is 2.53. The van der Waals surface area contributed by atoms with Crippen LogP contribution in [0, 0.1) is 27.7 Å². The Morgan fingerprint density at radius 3 is 0.892 bits per heavy atom. The van der Waals surface area contributed by atoms with E-state index in [1.54, 1.807) is 0 Å². The second kappa shape index (κ2) is 18.4. The van der Waals surface area contributed by atoms with Crippen LogP contribution < -0.4 is 9.80 Å². The van der Waals surface area contributed by atoms with Crippen molar-refractivity contribution in [1.82, 2.24) is 0 Å². The van der Waals surface area contributed by atoms with Crippen molar-refractivity contribution < 1.29 is 0 Å². The van der Waals surface area contributed by atoms with Gasteiger partial charge in [0.15, 0.2) is 0 Å². The normalized spacial score (nSPS) is 11.5. The summed E-state index contributed by atoms with van der Waals surface area (Å²) in [6.45, 7) is 8.93. The van der Waals surface area contributed by atoms with E-state index in [1.165, 1.54) is 122 Å². The molecule has 352 valence electrons. The molecule has 0 amide bonds. The van der Waals surface area contributed by atoms with E-state index in [2.05, 4.69) is 292 Å². The highest BCUT2D eigenvalue weighted by Gasteiger charge is 2.27. The van der Waals surface area contributed by atoms with Crippen molar-refractivity contribution in [2.45, 2.75) is 27.7 Å². The summed E-state index contributed by atoms with van der Waals surface area (Å²) in [6, 6.07) is 94.0. The second-order valence-corrected chi connectivity index (χ2v) is 19.9. The molecule has 0 saturated heterocycles. The van der Waals surface area contributed by atoms with Gasteiger partial charge in [-0.2, -0.15) is 0 Å². The Hall–Kier alpha value is -9.24. The Balaban J connectivity index is 0.939.